The molecule has 0 fully saturated rings. The van der Waals surface area contributed by atoms with E-state index >= 15 is 0 Å². The number of fused-ring (bicyclic) bond motifs is 1. The largest absolute Gasteiger partial charge is 0.490 e. The number of nitrogens with zero attached hydrogens (tertiary/aromatic N) is 3. The second kappa shape index (κ2) is 10.4. The summed E-state index contributed by atoms with van der Waals surface area (Å²) in [5, 5.41) is 17.4. The van der Waals surface area contributed by atoms with Crippen LogP contribution in [0.25, 0.3) is 0 Å². The fourth-order valence-electron chi connectivity index (χ4n) is 5.12. The summed E-state index contributed by atoms with van der Waals surface area (Å²) in [6.07, 6.45) is 2.36. The molecule has 194 valence electrons. The molecule has 0 radical (unpaired) electrons. The van der Waals surface area contributed by atoms with Crippen molar-refractivity contribution in [2.45, 2.75) is 59.1 Å². The van der Waals surface area contributed by atoms with E-state index in [-0.39, 0.29) is 17.8 Å². The Balaban J connectivity index is 1.54. The number of aliphatic hydroxyl groups excluding tert-OH is 1. The number of carbonyl (C=O) groups excluding carboxylic acids is 1. The number of allylic oxidation sites excluding steroid dienone is 2. The number of rotatable bonds is 9. The predicted molar refractivity (Wildman–Crippen MR) is 141 cm³/mol. The van der Waals surface area contributed by atoms with Crippen molar-refractivity contribution < 1.29 is 19.4 Å². The van der Waals surface area contributed by atoms with Gasteiger partial charge in [0, 0.05) is 30.7 Å². The zero-order chi connectivity index (χ0) is 26.0. The van der Waals surface area contributed by atoms with Gasteiger partial charge in [-0.3, -0.25) is 4.79 Å². The van der Waals surface area contributed by atoms with E-state index in [0.717, 1.165) is 28.8 Å². The number of benzene rings is 2. The highest BCUT2D eigenvalue weighted by molar-refractivity contribution is 6.00. The highest BCUT2D eigenvalue weighted by atomic mass is 16.5. The van der Waals surface area contributed by atoms with E-state index in [1.54, 1.807) is 4.68 Å². The highest BCUT2D eigenvalue weighted by Gasteiger charge is 2.42. The van der Waals surface area contributed by atoms with E-state index in [1.165, 1.54) is 0 Å². The van der Waals surface area contributed by atoms with Crippen LogP contribution in [-0.2, 0) is 17.8 Å². The van der Waals surface area contributed by atoms with Crippen molar-refractivity contribution in [3.63, 3.8) is 0 Å². The van der Waals surface area contributed by atoms with Crippen molar-refractivity contribution >= 4 is 11.7 Å². The molecule has 37 heavy (non-hydrogen) atoms. The Morgan fingerprint density at radius 3 is 2.68 bits per heavy atom. The van der Waals surface area contributed by atoms with Crippen LogP contribution in [0.4, 0.5) is 5.95 Å². The molecule has 2 N–H and O–H groups in total. The molecule has 0 saturated carbocycles. The maximum atomic E-state index is 13.5. The third-order valence-corrected chi connectivity index (χ3v) is 6.75. The quantitative estimate of drug-likeness (QED) is 0.432. The number of anilines is 1. The second-order valence-electron chi connectivity index (χ2n) is 10.4. The Bertz CT molecular complexity index is 1310. The van der Waals surface area contributed by atoms with Gasteiger partial charge < -0.3 is 19.9 Å². The Hall–Kier alpha value is -3.65. The molecule has 3 aromatic rings. The molecule has 1 unspecified atom stereocenters. The third-order valence-electron chi connectivity index (χ3n) is 6.75. The number of aliphatic hydroxyl groups is 1. The molecule has 1 aromatic heterocycles. The molecule has 2 heterocycles. The van der Waals surface area contributed by atoms with Crippen molar-refractivity contribution in [2.24, 2.45) is 5.41 Å². The van der Waals surface area contributed by atoms with Gasteiger partial charge in [-0.05, 0) is 48.4 Å². The Morgan fingerprint density at radius 1 is 1.11 bits per heavy atom. The number of aryl methyl sites for hydroxylation is 1. The maximum absolute atomic E-state index is 13.5. The first-order valence-electron chi connectivity index (χ1n) is 12.9. The monoisotopic (exact) mass is 502 g/mol. The summed E-state index contributed by atoms with van der Waals surface area (Å²) in [4.78, 5) is 18.2. The summed E-state index contributed by atoms with van der Waals surface area (Å²) in [5.74, 6) is 2.65. The summed E-state index contributed by atoms with van der Waals surface area (Å²) >= 11 is 0. The van der Waals surface area contributed by atoms with Gasteiger partial charge in [-0.15, -0.1) is 0 Å². The van der Waals surface area contributed by atoms with Gasteiger partial charge in [-0.25, -0.2) is 4.68 Å². The zero-order valence-corrected chi connectivity index (χ0v) is 21.7. The number of nitrogens with one attached hydrogen (secondary N) is 1. The number of aromatic nitrogens is 3. The molecule has 8 nitrogen and oxygen atoms in total. The minimum absolute atomic E-state index is 0.0737. The van der Waals surface area contributed by atoms with Gasteiger partial charge in [0.15, 0.2) is 23.1 Å². The minimum Gasteiger partial charge on any atom is -0.490 e. The molecule has 5 rings (SSSR count). The van der Waals surface area contributed by atoms with Gasteiger partial charge in [0.25, 0.3) is 0 Å². The molecule has 0 spiro atoms. The molecule has 0 amide bonds. The number of hydrogen-bond acceptors (Lipinski definition) is 7. The summed E-state index contributed by atoms with van der Waals surface area (Å²) in [7, 11) is 0. The number of ketones is 1. The lowest BCUT2D eigenvalue weighted by atomic mass is 9.73. The van der Waals surface area contributed by atoms with Gasteiger partial charge in [-0.2, -0.15) is 10.1 Å². The van der Waals surface area contributed by atoms with Crippen LogP contribution < -0.4 is 14.8 Å². The van der Waals surface area contributed by atoms with Crippen molar-refractivity contribution in [1.82, 2.24) is 14.8 Å². The van der Waals surface area contributed by atoms with E-state index in [1.807, 2.05) is 55.5 Å². The Labute approximate surface area is 217 Å². The number of hydrogen-bond donors (Lipinski definition) is 2. The minimum atomic E-state index is -0.424. The average Bonchev–Trinajstić information content (AvgIpc) is 3.28. The average molecular weight is 503 g/mol. The normalized spacial score (nSPS) is 18.2. The molecule has 1 aliphatic carbocycles. The molecule has 1 atom stereocenters. The van der Waals surface area contributed by atoms with E-state index < -0.39 is 6.04 Å². The van der Waals surface area contributed by atoms with E-state index in [4.69, 9.17) is 19.6 Å². The number of ether oxygens (including phenoxy) is 2. The van der Waals surface area contributed by atoms with Crippen molar-refractivity contribution in [3.05, 3.63) is 76.8 Å². The standard InChI is InChI=1S/C29H34N4O4/c1-4-36-24-15-20(12-13-23(24)37-18-19-9-6-5-7-10-19)27-26-21(16-29(2,3)17-22(26)35)30-28-31-25(11-8-14-34)32-33(27)28/h5-7,9-10,12-13,15,27,34H,4,8,11,14,16-18H2,1-3H3,(H,30,31,32). The van der Waals surface area contributed by atoms with Gasteiger partial charge in [0.2, 0.25) is 5.95 Å². The van der Waals surface area contributed by atoms with Crippen LogP contribution in [-0.4, -0.2) is 38.9 Å². The van der Waals surface area contributed by atoms with E-state index in [9.17, 15) is 9.90 Å². The van der Waals surface area contributed by atoms with Crippen molar-refractivity contribution in [1.29, 1.82) is 0 Å². The van der Waals surface area contributed by atoms with Crippen molar-refractivity contribution in [2.75, 3.05) is 18.5 Å². The van der Waals surface area contributed by atoms with Crippen LogP contribution in [0.3, 0.4) is 0 Å². The van der Waals surface area contributed by atoms with Crippen LogP contribution in [0.2, 0.25) is 0 Å². The lowest BCUT2D eigenvalue weighted by molar-refractivity contribution is -0.118. The first kappa shape index (κ1) is 25.0. The lowest BCUT2D eigenvalue weighted by Gasteiger charge is -2.38. The summed E-state index contributed by atoms with van der Waals surface area (Å²) in [6, 6.07) is 15.4. The molecule has 0 saturated heterocycles. The van der Waals surface area contributed by atoms with Crippen LogP contribution in [0.1, 0.15) is 63.0 Å². The van der Waals surface area contributed by atoms with E-state index in [2.05, 4.69) is 19.2 Å². The topological polar surface area (TPSA) is 98.5 Å². The first-order valence-corrected chi connectivity index (χ1v) is 12.9. The van der Waals surface area contributed by atoms with Crippen LogP contribution >= 0.6 is 0 Å². The smallest absolute Gasteiger partial charge is 0.226 e. The SMILES string of the molecule is CCOc1cc(C2C3=C(CC(C)(C)CC3=O)Nc3nc(CCCO)nn32)ccc1OCc1ccccc1. The number of carbonyl (C=O) groups is 1. The molecule has 2 aromatic carbocycles. The highest BCUT2D eigenvalue weighted by Crippen LogP contribution is 2.46. The van der Waals surface area contributed by atoms with Crippen LogP contribution in [0.15, 0.2) is 59.8 Å². The maximum Gasteiger partial charge on any atom is 0.226 e. The Morgan fingerprint density at radius 2 is 1.92 bits per heavy atom. The first-order chi connectivity index (χ1) is 17.9. The van der Waals surface area contributed by atoms with Crippen LogP contribution in [0, 0.1) is 5.41 Å². The predicted octanol–water partition coefficient (Wildman–Crippen LogP) is 4.84. The third kappa shape index (κ3) is 5.25. The van der Waals surface area contributed by atoms with Crippen molar-refractivity contribution in [3.8, 4) is 11.5 Å². The van der Waals surface area contributed by atoms with Gasteiger partial charge in [-0.1, -0.05) is 50.2 Å². The Kier molecular flexibility index (Phi) is 7.02. The van der Waals surface area contributed by atoms with Gasteiger partial charge >= 0.3 is 0 Å². The molecular formula is C29H34N4O4. The molecule has 1 aliphatic heterocycles. The van der Waals surface area contributed by atoms with Gasteiger partial charge in [0.1, 0.15) is 12.6 Å². The van der Waals surface area contributed by atoms with Gasteiger partial charge in [0.05, 0.1) is 6.61 Å². The summed E-state index contributed by atoms with van der Waals surface area (Å²) in [5.41, 5.74) is 3.45. The fourth-order valence-corrected chi connectivity index (χ4v) is 5.12. The molecule has 2 aliphatic rings. The van der Waals surface area contributed by atoms with Crippen LogP contribution in [0.5, 0.6) is 11.5 Å². The second-order valence-corrected chi connectivity index (χ2v) is 10.4. The zero-order valence-electron chi connectivity index (χ0n) is 21.7. The number of Topliss-reactive ketones (excluding diaryl/α,β-unsaturated/α-hetero) is 1. The molecule has 0 bridgehead atoms. The molecular weight excluding hydrogens is 468 g/mol. The lowest BCUT2D eigenvalue weighted by Crippen LogP contribution is -2.36. The summed E-state index contributed by atoms with van der Waals surface area (Å²) < 4.78 is 13.9. The molecule has 8 heteroatoms. The van der Waals surface area contributed by atoms with E-state index in [0.29, 0.717) is 55.7 Å². The summed E-state index contributed by atoms with van der Waals surface area (Å²) in [6.45, 7) is 7.15. The fraction of sp³-hybridized carbons (Fsp3) is 0.414.